The van der Waals surface area contributed by atoms with Gasteiger partial charge in [0.05, 0.1) is 6.20 Å². The maximum Gasteiger partial charge on any atom is 0.260 e. The molecule has 0 spiro atoms. The lowest BCUT2D eigenvalue weighted by Crippen LogP contribution is -2.32. The molecule has 122 valence electrons. The Balaban J connectivity index is 1.31. The van der Waals surface area contributed by atoms with Gasteiger partial charge in [-0.1, -0.05) is 46.9 Å². The molecule has 1 aliphatic carbocycles. The monoisotopic (exact) mass is 341 g/mol. The molecule has 8 nitrogen and oxygen atoms in total. The number of nitrogens with one attached hydrogen (secondary N) is 2. The molecule has 1 aromatic carbocycles. The Morgan fingerprint density at radius 1 is 1.21 bits per heavy atom. The van der Waals surface area contributed by atoms with Crippen molar-refractivity contribution in [3.8, 4) is 11.3 Å². The first-order valence-corrected chi connectivity index (χ1v) is 8.43. The van der Waals surface area contributed by atoms with E-state index in [4.69, 9.17) is 0 Å². The molecule has 1 saturated carbocycles. The van der Waals surface area contributed by atoms with Gasteiger partial charge in [-0.05, 0) is 12.8 Å². The molecule has 1 amide bonds. The molecule has 0 saturated heterocycles. The Kier molecular flexibility index (Phi) is 3.91. The van der Waals surface area contributed by atoms with Crippen LogP contribution in [-0.4, -0.2) is 31.1 Å². The summed E-state index contributed by atoms with van der Waals surface area (Å²) in [6.45, 7) is 0.0706. The lowest BCUT2D eigenvalue weighted by atomic mass is 10.2. The molecule has 1 fully saturated rings. The summed E-state index contributed by atoms with van der Waals surface area (Å²) in [6.07, 6.45) is 4.10. The lowest BCUT2D eigenvalue weighted by molar-refractivity contribution is -0.121. The first-order chi connectivity index (χ1) is 11.8. The molecule has 0 atom stereocenters. The van der Waals surface area contributed by atoms with E-state index in [1.807, 2.05) is 30.3 Å². The van der Waals surface area contributed by atoms with Crippen LogP contribution >= 0.6 is 11.3 Å². The standard InChI is InChI=1S/C15H15N7OS/c23-13(17-19-15-20-18-14(24-15)11-6-7-11)9-22-8-12(16-21-22)10-4-2-1-3-5-10/h1-5,8,11H,6-7,9H2,(H,17,23)(H,19,20). The van der Waals surface area contributed by atoms with Gasteiger partial charge in [-0.25, -0.2) is 4.68 Å². The second-order valence-electron chi connectivity index (χ2n) is 5.56. The van der Waals surface area contributed by atoms with Gasteiger partial charge < -0.3 is 0 Å². The van der Waals surface area contributed by atoms with Crippen LogP contribution in [-0.2, 0) is 11.3 Å². The van der Waals surface area contributed by atoms with Gasteiger partial charge in [0.25, 0.3) is 5.91 Å². The number of hydrogen-bond acceptors (Lipinski definition) is 7. The van der Waals surface area contributed by atoms with Crippen molar-refractivity contribution in [2.24, 2.45) is 0 Å². The minimum Gasteiger partial charge on any atom is -0.272 e. The van der Waals surface area contributed by atoms with Crippen LogP contribution in [0.15, 0.2) is 36.5 Å². The van der Waals surface area contributed by atoms with Crippen molar-refractivity contribution in [3.05, 3.63) is 41.5 Å². The third-order valence-corrected chi connectivity index (χ3v) is 4.59. The van der Waals surface area contributed by atoms with Crippen LogP contribution < -0.4 is 10.9 Å². The molecule has 0 radical (unpaired) electrons. The number of rotatable bonds is 6. The molecule has 24 heavy (non-hydrogen) atoms. The van der Waals surface area contributed by atoms with Crippen LogP contribution in [0.1, 0.15) is 23.8 Å². The van der Waals surface area contributed by atoms with Gasteiger partial charge in [0.2, 0.25) is 5.13 Å². The fourth-order valence-electron chi connectivity index (χ4n) is 2.21. The number of amides is 1. The van der Waals surface area contributed by atoms with Crippen molar-refractivity contribution in [1.29, 1.82) is 0 Å². The zero-order valence-corrected chi connectivity index (χ0v) is 13.5. The highest BCUT2D eigenvalue weighted by atomic mass is 32.1. The van der Waals surface area contributed by atoms with Gasteiger partial charge in [0.1, 0.15) is 17.2 Å². The molecule has 9 heteroatoms. The van der Waals surface area contributed by atoms with Crippen molar-refractivity contribution in [2.45, 2.75) is 25.3 Å². The van der Waals surface area contributed by atoms with E-state index in [0.717, 1.165) is 16.3 Å². The molecule has 4 rings (SSSR count). The van der Waals surface area contributed by atoms with Crippen LogP contribution in [0, 0.1) is 0 Å². The van der Waals surface area contributed by atoms with Crippen molar-refractivity contribution < 1.29 is 4.79 Å². The highest BCUT2D eigenvalue weighted by Crippen LogP contribution is 2.41. The number of hydrazine groups is 1. The summed E-state index contributed by atoms with van der Waals surface area (Å²) >= 11 is 1.47. The van der Waals surface area contributed by atoms with Crippen molar-refractivity contribution in [1.82, 2.24) is 30.6 Å². The van der Waals surface area contributed by atoms with Crippen LogP contribution in [0.3, 0.4) is 0 Å². The summed E-state index contributed by atoms with van der Waals surface area (Å²) in [5.74, 6) is 0.322. The normalized spacial score (nSPS) is 13.7. The van der Waals surface area contributed by atoms with Gasteiger partial charge >= 0.3 is 0 Å². The number of anilines is 1. The Morgan fingerprint density at radius 3 is 2.83 bits per heavy atom. The van der Waals surface area contributed by atoms with Crippen LogP contribution in [0.4, 0.5) is 5.13 Å². The average Bonchev–Trinajstić information content (AvgIpc) is 3.17. The molecule has 0 unspecified atom stereocenters. The first kappa shape index (κ1) is 14.8. The van der Waals surface area contributed by atoms with E-state index in [1.165, 1.54) is 28.9 Å². The number of benzene rings is 1. The van der Waals surface area contributed by atoms with E-state index in [0.29, 0.717) is 11.0 Å². The molecule has 2 heterocycles. The van der Waals surface area contributed by atoms with Gasteiger partial charge in [-0.2, -0.15) is 0 Å². The van der Waals surface area contributed by atoms with Gasteiger partial charge in [-0.15, -0.1) is 15.3 Å². The van der Waals surface area contributed by atoms with Crippen molar-refractivity contribution in [2.75, 3.05) is 5.43 Å². The fourth-order valence-corrected chi connectivity index (χ4v) is 3.07. The number of carbonyl (C=O) groups excluding carboxylic acids is 1. The summed E-state index contributed by atoms with van der Waals surface area (Å²) in [6, 6.07) is 9.70. The van der Waals surface area contributed by atoms with E-state index < -0.39 is 0 Å². The van der Waals surface area contributed by atoms with E-state index in [1.54, 1.807) is 6.20 Å². The molecule has 0 bridgehead atoms. The largest absolute Gasteiger partial charge is 0.272 e. The summed E-state index contributed by atoms with van der Waals surface area (Å²) in [5, 5.41) is 17.8. The summed E-state index contributed by atoms with van der Waals surface area (Å²) in [4.78, 5) is 12.0. The topological polar surface area (TPSA) is 97.6 Å². The Morgan fingerprint density at radius 2 is 2.04 bits per heavy atom. The SMILES string of the molecule is O=C(Cn1cc(-c2ccccc2)nn1)NNc1nnc(C2CC2)s1. The van der Waals surface area contributed by atoms with Gasteiger partial charge in [0.15, 0.2) is 0 Å². The highest BCUT2D eigenvalue weighted by Gasteiger charge is 2.27. The maximum atomic E-state index is 12.0. The van der Waals surface area contributed by atoms with Gasteiger partial charge in [-0.3, -0.25) is 15.6 Å². The summed E-state index contributed by atoms with van der Waals surface area (Å²) < 4.78 is 1.50. The molecular formula is C15H15N7OS. The number of carbonyl (C=O) groups is 1. The second kappa shape index (κ2) is 6.36. The molecule has 1 aliphatic rings. The van der Waals surface area contributed by atoms with Crippen molar-refractivity contribution in [3.63, 3.8) is 0 Å². The molecule has 3 aromatic rings. The van der Waals surface area contributed by atoms with Crippen molar-refractivity contribution >= 4 is 22.4 Å². The Labute approximate surface area is 141 Å². The van der Waals surface area contributed by atoms with Crippen LogP contribution in [0.25, 0.3) is 11.3 Å². The quantitative estimate of drug-likeness (QED) is 0.664. The molecule has 2 N–H and O–H groups in total. The zero-order chi connectivity index (χ0) is 16.4. The van der Waals surface area contributed by atoms with E-state index >= 15 is 0 Å². The fraction of sp³-hybridized carbons (Fsp3) is 0.267. The van der Waals surface area contributed by atoms with E-state index in [-0.39, 0.29) is 12.5 Å². The van der Waals surface area contributed by atoms with E-state index in [9.17, 15) is 4.79 Å². The Hall–Kier alpha value is -2.81. The van der Waals surface area contributed by atoms with E-state index in [2.05, 4.69) is 31.4 Å². The van der Waals surface area contributed by atoms with Crippen LogP contribution in [0.5, 0.6) is 0 Å². The second-order valence-corrected chi connectivity index (χ2v) is 6.57. The molecule has 2 aromatic heterocycles. The number of aromatic nitrogens is 5. The van der Waals surface area contributed by atoms with Gasteiger partial charge in [0, 0.05) is 11.5 Å². The third kappa shape index (κ3) is 3.40. The lowest BCUT2D eigenvalue weighted by Gasteiger charge is -2.04. The maximum absolute atomic E-state index is 12.0. The molecular weight excluding hydrogens is 326 g/mol. The third-order valence-electron chi connectivity index (χ3n) is 3.59. The summed E-state index contributed by atoms with van der Waals surface area (Å²) in [5.41, 5.74) is 7.08. The minimum absolute atomic E-state index is 0.0706. The smallest absolute Gasteiger partial charge is 0.260 e. The number of nitrogens with zero attached hydrogens (tertiary/aromatic N) is 5. The molecule has 0 aliphatic heterocycles. The highest BCUT2D eigenvalue weighted by molar-refractivity contribution is 7.15. The minimum atomic E-state index is -0.234. The number of hydrogen-bond donors (Lipinski definition) is 2. The van der Waals surface area contributed by atoms with Crippen LogP contribution in [0.2, 0.25) is 0 Å². The summed E-state index contributed by atoms with van der Waals surface area (Å²) in [7, 11) is 0. The Bertz CT molecular complexity index is 840. The predicted octanol–water partition coefficient (Wildman–Crippen LogP) is 1.82. The predicted molar refractivity (Wildman–Crippen MR) is 89.1 cm³/mol. The zero-order valence-electron chi connectivity index (χ0n) is 12.7. The first-order valence-electron chi connectivity index (χ1n) is 7.62. The average molecular weight is 341 g/mol.